The van der Waals surface area contributed by atoms with Crippen LogP contribution in [0.4, 0.5) is 23.7 Å². The molecule has 5 nitrogen and oxygen atoms in total. The van der Waals surface area contributed by atoms with Crippen molar-refractivity contribution < 1.29 is 23.1 Å². The van der Waals surface area contributed by atoms with Crippen molar-refractivity contribution in [2.24, 2.45) is 0 Å². The molecule has 2 amide bonds. The number of benzene rings is 2. The molecule has 2 fully saturated rings. The summed E-state index contributed by atoms with van der Waals surface area (Å²) in [5.74, 6) is 0. The van der Waals surface area contributed by atoms with Gasteiger partial charge in [0, 0.05) is 16.3 Å². The van der Waals surface area contributed by atoms with E-state index in [4.69, 9.17) is 23.2 Å². The molecule has 10 heteroatoms. The minimum absolute atomic E-state index is 0.0210. The smallest absolute Gasteiger partial charge is 0.364 e. The number of anilines is 1. The number of hydrogen-bond acceptors (Lipinski definition) is 3. The number of aliphatic hydroxyl groups is 1. The van der Waals surface area contributed by atoms with Gasteiger partial charge in [-0.2, -0.15) is 18.4 Å². The Morgan fingerprint density at radius 3 is 2.34 bits per heavy atom. The van der Waals surface area contributed by atoms with Crippen molar-refractivity contribution in [3.05, 3.63) is 64.7 Å². The Morgan fingerprint density at radius 2 is 1.84 bits per heavy atom. The van der Waals surface area contributed by atoms with Gasteiger partial charge in [-0.1, -0.05) is 23.7 Å². The molecule has 0 aromatic heterocycles. The van der Waals surface area contributed by atoms with Gasteiger partial charge in [0.1, 0.15) is 0 Å². The van der Waals surface area contributed by atoms with Crippen molar-refractivity contribution >= 4 is 34.9 Å². The average Bonchev–Trinajstić information content (AvgIpc) is 2.93. The summed E-state index contributed by atoms with van der Waals surface area (Å²) in [5.41, 5.74) is -6.14. The largest absolute Gasteiger partial charge is 0.416 e. The Bertz CT molecular complexity index is 1100. The maximum absolute atomic E-state index is 14.8. The van der Waals surface area contributed by atoms with E-state index < -0.39 is 34.9 Å². The zero-order valence-corrected chi connectivity index (χ0v) is 18.3. The molecular formula is C22H18Cl2F3N3O2. The highest BCUT2D eigenvalue weighted by Crippen LogP contribution is 2.58. The second-order valence-electron chi connectivity index (χ2n) is 8.06. The molecule has 32 heavy (non-hydrogen) atoms. The first-order valence-corrected chi connectivity index (χ1v) is 10.6. The molecule has 1 N–H and O–H groups in total. The first kappa shape index (κ1) is 22.7. The minimum Gasteiger partial charge on any atom is -0.364 e. The third-order valence-corrected chi connectivity index (χ3v) is 7.16. The van der Waals surface area contributed by atoms with Crippen LogP contribution in [0.15, 0.2) is 48.5 Å². The summed E-state index contributed by atoms with van der Waals surface area (Å²) in [7, 11) is 0. The molecule has 168 valence electrons. The number of carbonyl (C=O) groups excluding carboxylic acids is 1. The summed E-state index contributed by atoms with van der Waals surface area (Å²) in [4.78, 5) is 15.0. The molecule has 1 saturated heterocycles. The van der Waals surface area contributed by atoms with E-state index in [-0.39, 0.29) is 23.2 Å². The van der Waals surface area contributed by atoms with E-state index in [9.17, 15) is 28.3 Å². The molecule has 0 spiro atoms. The molecule has 2 aromatic rings. The van der Waals surface area contributed by atoms with Gasteiger partial charge in [0.05, 0.1) is 23.1 Å². The summed E-state index contributed by atoms with van der Waals surface area (Å²) >= 11 is 12.1. The molecule has 1 aliphatic heterocycles. The molecule has 2 aliphatic rings. The maximum atomic E-state index is 14.8. The third-order valence-electron chi connectivity index (χ3n) is 6.40. The van der Waals surface area contributed by atoms with E-state index in [2.05, 4.69) is 0 Å². The summed E-state index contributed by atoms with van der Waals surface area (Å²) in [6.45, 7) is 0.793. The highest BCUT2D eigenvalue weighted by atomic mass is 35.5. The maximum Gasteiger partial charge on any atom is 0.416 e. The lowest BCUT2D eigenvalue weighted by Gasteiger charge is -2.50. The summed E-state index contributed by atoms with van der Waals surface area (Å²) in [6, 6.07) is 10.6. The van der Waals surface area contributed by atoms with Crippen LogP contribution in [0, 0.1) is 11.3 Å². The van der Waals surface area contributed by atoms with Crippen molar-refractivity contribution in [2.75, 3.05) is 4.90 Å². The first-order valence-electron chi connectivity index (χ1n) is 9.79. The molecular weight excluding hydrogens is 466 g/mol. The molecule has 1 heterocycles. The van der Waals surface area contributed by atoms with Crippen LogP contribution in [-0.4, -0.2) is 39.2 Å². The zero-order chi connectivity index (χ0) is 23.5. The van der Waals surface area contributed by atoms with Gasteiger partial charge in [-0.15, -0.1) is 11.6 Å². The number of nitrogens with zero attached hydrogens (tertiary/aromatic N) is 3. The number of nitriles is 1. The standard InChI is InChI=1S/C22H18Cl2F3N3O2/c1-20(22(25,26)27)21(32,14-4-2-3-13(11-14)12-28)29(16-7-5-15(23)6-8-16)19(31)30(20)18-10-9-17(18)24/h2-8,11,17-18,32H,9-10H2,1H3/t17-,18?,20?,21?/m1/s1. The summed E-state index contributed by atoms with van der Waals surface area (Å²) < 4.78 is 44.5. The van der Waals surface area contributed by atoms with Gasteiger partial charge < -0.3 is 10.0 Å². The fourth-order valence-electron chi connectivity index (χ4n) is 4.47. The van der Waals surface area contributed by atoms with Gasteiger partial charge in [0.25, 0.3) is 0 Å². The van der Waals surface area contributed by atoms with Crippen molar-refractivity contribution in [1.29, 1.82) is 5.26 Å². The zero-order valence-electron chi connectivity index (χ0n) is 16.8. The monoisotopic (exact) mass is 483 g/mol. The lowest BCUT2D eigenvalue weighted by Crippen LogP contribution is -2.69. The van der Waals surface area contributed by atoms with Crippen LogP contribution in [-0.2, 0) is 5.72 Å². The van der Waals surface area contributed by atoms with Crippen molar-refractivity contribution in [3.63, 3.8) is 0 Å². The van der Waals surface area contributed by atoms with Gasteiger partial charge in [-0.25, -0.2) is 4.79 Å². The molecule has 1 aliphatic carbocycles. The van der Waals surface area contributed by atoms with Crippen molar-refractivity contribution in [1.82, 2.24) is 4.90 Å². The van der Waals surface area contributed by atoms with Crippen LogP contribution in [0.2, 0.25) is 5.02 Å². The van der Waals surface area contributed by atoms with Crippen molar-refractivity contribution in [3.8, 4) is 6.07 Å². The number of rotatable bonds is 3. The molecule has 2 aromatic carbocycles. The Balaban J connectivity index is 2.04. The number of alkyl halides is 4. The van der Waals surface area contributed by atoms with Gasteiger partial charge in [-0.3, -0.25) is 4.90 Å². The molecule has 0 bridgehead atoms. The third kappa shape index (κ3) is 2.99. The van der Waals surface area contributed by atoms with Gasteiger partial charge in [0.15, 0.2) is 5.54 Å². The Labute approximate surface area is 192 Å². The first-order chi connectivity index (χ1) is 15.0. The predicted octanol–water partition coefficient (Wildman–Crippen LogP) is 5.39. The normalized spacial score (nSPS) is 30.2. The SMILES string of the molecule is CC1(C(F)(F)F)N(C2CC[C@H]2Cl)C(=O)N(c2ccc(Cl)cc2)C1(O)c1cccc(C#N)c1. The van der Waals surface area contributed by atoms with E-state index in [1.165, 1.54) is 42.5 Å². The molecule has 1 saturated carbocycles. The lowest BCUT2D eigenvalue weighted by molar-refractivity contribution is -0.269. The van der Waals surface area contributed by atoms with Crippen LogP contribution in [0.25, 0.3) is 0 Å². The molecule has 0 radical (unpaired) electrons. The quantitative estimate of drug-likeness (QED) is 0.595. The fraction of sp³-hybridized carbons (Fsp3) is 0.364. The van der Waals surface area contributed by atoms with Gasteiger partial charge >= 0.3 is 12.2 Å². The topological polar surface area (TPSA) is 67.6 Å². The Morgan fingerprint density at radius 1 is 1.19 bits per heavy atom. The highest BCUT2D eigenvalue weighted by molar-refractivity contribution is 6.30. The van der Waals surface area contributed by atoms with Crippen LogP contribution in [0.1, 0.15) is 30.9 Å². The predicted molar refractivity (Wildman–Crippen MR) is 113 cm³/mol. The van der Waals surface area contributed by atoms with Crippen LogP contribution < -0.4 is 4.90 Å². The average molecular weight is 484 g/mol. The van der Waals surface area contributed by atoms with E-state index in [0.717, 1.165) is 17.9 Å². The van der Waals surface area contributed by atoms with Crippen LogP contribution >= 0.6 is 23.2 Å². The Hall–Kier alpha value is -2.47. The Kier molecular flexibility index (Phi) is 5.36. The fourth-order valence-corrected chi connectivity index (χ4v) is 4.96. The van der Waals surface area contributed by atoms with Crippen LogP contribution in [0.5, 0.6) is 0 Å². The molecule has 4 atom stereocenters. The number of carbonyl (C=O) groups is 1. The number of hydrogen-bond donors (Lipinski definition) is 1. The van der Waals surface area contributed by atoms with Crippen molar-refractivity contribution in [2.45, 2.75) is 48.6 Å². The minimum atomic E-state index is -5.05. The number of urea groups is 1. The summed E-state index contributed by atoms with van der Waals surface area (Å²) in [5, 5.41) is 20.9. The molecule has 4 rings (SSSR count). The summed E-state index contributed by atoms with van der Waals surface area (Å²) in [6.07, 6.45) is -4.32. The lowest BCUT2D eigenvalue weighted by atomic mass is 9.78. The second-order valence-corrected chi connectivity index (χ2v) is 9.06. The number of amides is 2. The number of halogens is 5. The van der Waals surface area contributed by atoms with Crippen LogP contribution in [0.3, 0.4) is 0 Å². The van der Waals surface area contributed by atoms with E-state index >= 15 is 0 Å². The van der Waals surface area contributed by atoms with E-state index in [1.54, 1.807) is 0 Å². The second kappa shape index (κ2) is 7.55. The van der Waals surface area contributed by atoms with Gasteiger partial charge in [-0.05, 0) is 56.2 Å². The van der Waals surface area contributed by atoms with Gasteiger partial charge in [0.2, 0.25) is 5.72 Å². The van der Waals surface area contributed by atoms with E-state index in [0.29, 0.717) is 16.3 Å². The van der Waals surface area contributed by atoms with E-state index in [1.807, 2.05) is 6.07 Å². The highest BCUT2D eigenvalue weighted by Gasteiger charge is 2.78. The molecule has 3 unspecified atom stereocenters.